The first-order chi connectivity index (χ1) is 16.6. The van der Waals surface area contributed by atoms with E-state index in [0.29, 0.717) is 0 Å². The first-order valence-corrected chi connectivity index (χ1v) is 10.9. The van der Waals surface area contributed by atoms with Crippen LogP contribution in [0.25, 0.3) is 55.4 Å². The van der Waals surface area contributed by atoms with Crippen molar-refractivity contribution in [1.82, 2.24) is 25.1 Å². The van der Waals surface area contributed by atoms with Crippen LogP contribution >= 0.6 is 0 Å². The van der Waals surface area contributed by atoms with Gasteiger partial charge in [-0.25, -0.2) is 4.39 Å². The lowest BCUT2D eigenvalue weighted by Gasteiger charge is -2.13. The number of rotatable bonds is 4. The second kappa shape index (κ2) is 7.81. The minimum absolute atomic E-state index is 0.274. The normalized spacial score (nSPS) is 11.4. The number of anilines is 1. The lowest BCUT2D eigenvalue weighted by Crippen LogP contribution is -2.08. The van der Waals surface area contributed by atoms with Gasteiger partial charge in [0.05, 0.1) is 34.8 Å². The first-order valence-electron chi connectivity index (χ1n) is 10.9. The van der Waals surface area contributed by atoms with Gasteiger partial charge in [0.1, 0.15) is 11.5 Å². The quantitative estimate of drug-likeness (QED) is 0.345. The van der Waals surface area contributed by atoms with Crippen molar-refractivity contribution >= 4 is 27.5 Å². The highest BCUT2D eigenvalue weighted by Crippen LogP contribution is 2.35. The number of nitrogens with one attached hydrogen (secondary N) is 2. The highest BCUT2D eigenvalue weighted by atomic mass is 19.1. The Morgan fingerprint density at radius 3 is 2.50 bits per heavy atom. The summed E-state index contributed by atoms with van der Waals surface area (Å²) in [6.45, 7) is 0. The van der Waals surface area contributed by atoms with Crippen LogP contribution in [0, 0.1) is 5.82 Å². The summed E-state index contributed by atoms with van der Waals surface area (Å²) in [5, 5.41) is 9.69. The number of aromatic nitrogens is 5. The van der Waals surface area contributed by atoms with E-state index in [1.807, 2.05) is 49.6 Å². The average Bonchev–Trinajstić information content (AvgIpc) is 3.47. The van der Waals surface area contributed by atoms with Crippen molar-refractivity contribution in [2.24, 2.45) is 0 Å². The maximum absolute atomic E-state index is 13.9. The fourth-order valence-corrected chi connectivity index (χ4v) is 4.29. The number of halogens is 1. The van der Waals surface area contributed by atoms with Gasteiger partial charge in [-0.3, -0.25) is 15.1 Å². The van der Waals surface area contributed by atoms with Crippen LogP contribution in [-0.2, 0) is 0 Å². The van der Waals surface area contributed by atoms with E-state index in [2.05, 4.69) is 43.3 Å². The molecule has 0 saturated carbocycles. The number of benzene rings is 2. The number of aromatic amines is 2. The van der Waals surface area contributed by atoms with Gasteiger partial charge >= 0.3 is 0 Å². The third kappa shape index (κ3) is 3.38. The minimum atomic E-state index is -0.274. The number of H-pyrrole nitrogens is 2. The van der Waals surface area contributed by atoms with Gasteiger partial charge in [0.15, 0.2) is 0 Å². The van der Waals surface area contributed by atoms with Gasteiger partial charge < -0.3 is 9.88 Å². The number of pyridine rings is 2. The van der Waals surface area contributed by atoms with E-state index in [9.17, 15) is 4.39 Å². The Balaban J connectivity index is 1.48. The smallest absolute Gasteiger partial charge is 0.123 e. The van der Waals surface area contributed by atoms with Crippen LogP contribution in [0.5, 0.6) is 0 Å². The minimum Gasteiger partial charge on any atom is -0.376 e. The molecule has 2 N–H and O–H groups in total. The Hall–Kier alpha value is -4.52. The molecule has 0 fully saturated rings. The lowest BCUT2D eigenvalue weighted by atomic mass is 10.0. The van der Waals surface area contributed by atoms with E-state index in [1.165, 1.54) is 12.1 Å². The average molecular weight is 449 g/mol. The Bertz CT molecular complexity index is 1660. The zero-order chi connectivity index (χ0) is 23.2. The third-order valence-electron chi connectivity index (χ3n) is 6.07. The van der Waals surface area contributed by atoms with Crippen LogP contribution in [0.3, 0.4) is 0 Å². The predicted octanol–water partition coefficient (Wildman–Crippen LogP) is 6.04. The zero-order valence-corrected chi connectivity index (χ0v) is 18.7. The summed E-state index contributed by atoms with van der Waals surface area (Å²) in [6.07, 6.45) is 7.26. The Labute approximate surface area is 195 Å². The molecule has 0 bridgehead atoms. The SMILES string of the molecule is CN(C)c1cncc(-c2ccc3[nH]nc(-c4cc5c(-c6cccc(F)c6)cncc5[nH]4)c3c2)c1. The van der Waals surface area contributed by atoms with Gasteiger partial charge in [-0.15, -0.1) is 0 Å². The molecule has 6 rings (SSSR count). The van der Waals surface area contributed by atoms with Crippen LogP contribution in [0.15, 0.2) is 79.4 Å². The molecule has 4 aromatic heterocycles. The highest BCUT2D eigenvalue weighted by Gasteiger charge is 2.15. The van der Waals surface area contributed by atoms with E-state index in [-0.39, 0.29) is 5.82 Å². The van der Waals surface area contributed by atoms with Crippen molar-refractivity contribution in [3.8, 4) is 33.6 Å². The molecule has 0 aliphatic rings. The highest BCUT2D eigenvalue weighted by molar-refractivity contribution is 6.01. The van der Waals surface area contributed by atoms with Gasteiger partial charge in [-0.1, -0.05) is 18.2 Å². The Morgan fingerprint density at radius 2 is 1.65 bits per heavy atom. The van der Waals surface area contributed by atoms with Crippen molar-refractivity contribution in [2.75, 3.05) is 19.0 Å². The maximum Gasteiger partial charge on any atom is 0.123 e. The van der Waals surface area contributed by atoms with Crippen molar-refractivity contribution < 1.29 is 4.39 Å². The maximum atomic E-state index is 13.9. The molecule has 7 heteroatoms. The van der Waals surface area contributed by atoms with E-state index in [1.54, 1.807) is 18.5 Å². The molecule has 0 radical (unpaired) electrons. The molecule has 2 aromatic carbocycles. The molecule has 0 aliphatic heterocycles. The largest absolute Gasteiger partial charge is 0.376 e. The summed E-state index contributed by atoms with van der Waals surface area (Å²) >= 11 is 0. The zero-order valence-electron chi connectivity index (χ0n) is 18.7. The summed E-state index contributed by atoms with van der Waals surface area (Å²) in [4.78, 5) is 14.2. The van der Waals surface area contributed by atoms with Crippen LogP contribution in [-0.4, -0.2) is 39.2 Å². The summed E-state index contributed by atoms with van der Waals surface area (Å²) in [5.41, 5.74) is 8.28. The van der Waals surface area contributed by atoms with E-state index >= 15 is 0 Å². The molecule has 6 nitrogen and oxygen atoms in total. The molecular formula is C27H21FN6. The Kier molecular flexibility index (Phi) is 4.62. The molecule has 0 spiro atoms. The van der Waals surface area contributed by atoms with Crippen LogP contribution in [0.2, 0.25) is 0 Å². The van der Waals surface area contributed by atoms with Crippen molar-refractivity contribution in [3.63, 3.8) is 0 Å². The van der Waals surface area contributed by atoms with Gasteiger partial charge in [0.2, 0.25) is 0 Å². The summed E-state index contributed by atoms with van der Waals surface area (Å²) < 4.78 is 13.9. The van der Waals surface area contributed by atoms with Crippen molar-refractivity contribution in [3.05, 3.63) is 85.2 Å². The van der Waals surface area contributed by atoms with Gasteiger partial charge in [0, 0.05) is 48.4 Å². The molecule has 166 valence electrons. The molecule has 4 heterocycles. The van der Waals surface area contributed by atoms with Gasteiger partial charge in [-0.05, 0) is 47.5 Å². The topological polar surface area (TPSA) is 73.5 Å². The number of hydrogen-bond acceptors (Lipinski definition) is 4. The number of fused-ring (bicyclic) bond motifs is 2. The summed E-state index contributed by atoms with van der Waals surface area (Å²) in [6, 6.07) is 17.0. The summed E-state index contributed by atoms with van der Waals surface area (Å²) in [5.74, 6) is -0.274. The van der Waals surface area contributed by atoms with Crippen LogP contribution in [0.1, 0.15) is 0 Å². The second-order valence-electron chi connectivity index (χ2n) is 8.50. The first kappa shape index (κ1) is 20.1. The molecule has 0 saturated heterocycles. The van der Waals surface area contributed by atoms with Crippen molar-refractivity contribution in [1.29, 1.82) is 0 Å². The molecule has 34 heavy (non-hydrogen) atoms. The molecule has 0 aliphatic carbocycles. The number of nitrogens with zero attached hydrogens (tertiary/aromatic N) is 4. The molecule has 0 atom stereocenters. The standard InChI is InChI=1S/C27H21FN6/c1-34(2)20-9-18(12-29-13-20)16-6-7-24-22(10-16)27(33-32-24)25-11-21-23(14-30-15-26(21)31-25)17-4-3-5-19(28)8-17/h3-15,31H,1-2H3,(H,32,33). The second-order valence-corrected chi connectivity index (χ2v) is 8.50. The van der Waals surface area contributed by atoms with Crippen molar-refractivity contribution in [2.45, 2.75) is 0 Å². The van der Waals surface area contributed by atoms with E-state index < -0.39 is 0 Å². The van der Waals surface area contributed by atoms with Gasteiger partial charge in [0.25, 0.3) is 0 Å². The van der Waals surface area contributed by atoms with Gasteiger partial charge in [-0.2, -0.15) is 5.10 Å². The Morgan fingerprint density at radius 1 is 0.765 bits per heavy atom. The summed E-state index contributed by atoms with van der Waals surface area (Å²) in [7, 11) is 4.00. The molecule has 0 amide bonds. The number of hydrogen-bond donors (Lipinski definition) is 2. The molecule has 6 aromatic rings. The lowest BCUT2D eigenvalue weighted by molar-refractivity contribution is 0.628. The van der Waals surface area contributed by atoms with E-state index in [0.717, 1.165) is 61.1 Å². The van der Waals surface area contributed by atoms with E-state index in [4.69, 9.17) is 0 Å². The van der Waals surface area contributed by atoms with Crippen LogP contribution in [0.4, 0.5) is 10.1 Å². The molecular weight excluding hydrogens is 427 g/mol. The molecule has 0 unspecified atom stereocenters. The predicted molar refractivity (Wildman–Crippen MR) is 134 cm³/mol. The van der Waals surface area contributed by atoms with Crippen LogP contribution < -0.4 is 4.90 Å². The fourth-order valence-electron chi connectivity index (χ4n) is 4.29. The third-order valence-corrected chi connectivity index (χ3v) is 6.07. The fraction of sp³-hybridized carbons (Fsp3) is 0.0741. The monoisotopic (exact) mass is 448 g/mol.